The van der Waals surface area contributed by atoms with Crippen LogP contribution in [0.25, 0.3) is 22.8 Å². The number of hydrogen-bond acceptors (Lipinski definition) is 12. The van der Waals surface area contributed by atoms with Crippen LogP contribution in [0.3, 0.4) is 0 Å². The predicted octanol–water partition coefficient (Wildman–Crippen LogP) is -0.277. The Hall–Kier alpha value is -3.75. The summed E-state index contributed by atoms with van der Waals surface area (Å²) in [6, 6.07) is 17.5. The van der Waals surface area contributed by atoms with Gasteiger partial charge in [0.15, 0.2) is 0 Å². The Morgan fingerprint density at radius 3 is 1.00 bits per heavy atom. The first-order valence-corrected chi connectivity index (χ1v) is 7.38. The van der Waals surface area contributed by atoms with E-state index in [0.717, 1.165) is 22.8 Å². The predicted molar refractivity (Wildman–Crippen MR) is 116 cm³/mol. The second kappa shape index (κ2) is 23.9. The average molecular weight is 634 g/mol. The first kappa shape index (κ1) is 40.6. The Morgan fingerprint density at radius 2 is 0.765 bits per heavy atom. The molecular weight excluding hydrogens is 613 g/mol. The fourth-order valence-electron chi connectivity index (χ4n) is 1.75. The maximum Gasteiger partial charge on any atom is 3.00 e. The van der Waals surface area contributed by atoms with Gasteiger partial charge in [-0.05, 0) is 36.4 Å². The minimum absolute atomic E-state index is 0. The summed E-state index contributed by atoms with van der Waals surface area (Å²) in [6.07, 6.45) is 3.54. The molecule has 9 N–H and O–H groups in total. The van der Waals surface area contributed by atoms with Crippen molar-refractivity contribution in [3.63, 3.8) is 0 Å². The molecule has 3 heterocycles. The molecule has 0 bridgehead atoms. The Balaban J connectivity index is -0.000000150. The number of hydrogen-bond donors (Lipinski definition) is 0. The Morgan fingerprint density at radius 1 is 0.500 bits per heavy atom. The van der Waals surface area contributed by atoms with Gasteiger partial charge >= 0.3 is 39.9 Å². The fourth-order valence-corrected chi connectivity index (χ4v) is 1.75. The third-order valence-electron chi connectivity index (χ3n) is 2.60. The monoisotopic (exact) mass is 634 g/mol. The number of pyridine rings is 3. The molecular formula is C15H20GdN6O12+3. The van der Waals surface area contributed by atoms with Gasteiger partial charge in [0, 0.05) is 12.4 Å². The second-order valence-electron chi connectivity index (χ2n) is 4.51. The molecule has 19 heteroatoms. The van der Waals surface area contributed by atoms with Crippen molar-refractivity contribution in [2.75, 3.05) is 0 Å². The molecule has 0 amide bonds. The topological polar surface area (TPSA) is 336 Å². The van der Waals surface area contributed by atoms with Crippen molar-refractivity contribution in [3.8, 4) is 22.8 Å². The summed E-state index contributed by atoms with van der Waals surface area (Å²) in [5.74, 6) is 0. The van der Waals surface area contributed by atoms with Gasteiger partial charge in [-0.15, -0.1) is 0 Å². The van der Waals surface area contributed by atoms with Gasteiger partial charge in [0.25, 0.3) is 0 Å². The van der Waals surface area contributed by atoms with Gasteiger partial charge in [-0.3, -0.25) is 9.97 Å². The third kappa shape index (κ3) is 22.9. The summed E-state index contributed by atoms with van der Waals surface area (Å²) in [6.45, 7) is 0. The molecule has 0 aromatic carbocycles. The van der Waals surface area contributed by atoms with Gasteiger partial charge in [0.1, 0.15) is 0 Å². The molecule has 0 aliphatic carbocycles. The molecule has 0 aliphatic heterocycles. The molecule has 1 radical (unpaired) electrons. The van der Waals surface area contributed by atoms with E-state index in [1.165, 1.54) is 0 Å². The third-order valence-corrected chi connectivity index (χ3v) is 2.60. The maximum atomic E-state index is 8.25. The first-order chi connectivity index (χ1) is 14.1. The summed E-state index contributed by atoms with van der Waals surface area (Å²) in [5.41, 5.74) is 3.46. The molecule has 0 aliphatic rings. The Bertz CT molecular complexity index is 844. The zero-order chi connectivity index (χ0) is 22.9. The van der Waals surface area contributed by atoms with Crippen LogP contribution in [0.4, 0.5) is 0 Å². The molecule has 3 rings (SSSR count). The second-order valence-corrected chi connectivity index (χ2v) is 4.51. The van der Waals surface area contributed by atoms with E-state index in [1.807, 2.05) is 54.6 Å². The van der Waals surface area contributed by atoms with Crippen molar-refractivity contribution >= 4 is 0 Å². The van der Waals surface area contributed by atoms with E-state index < -0.39 is 15.3 Å². The summed E-state index contributed by atoms with van der Waals surface area (Å²) >= 11 is 0. The molecule has 0 unspecified atom stereocenters. The van der Waals surface area contributed by atoms with Crippen LogP contribution < -0.4 is 0 Å². The zero-order valence-electron chi connectivity index (χ0n) is 16.8. The van der Waals surface area contributed by atoms with Crippen LogP contribution in [0.5, 0.6) is 0 Å². The van der Waals surface area contributed by atoms with Gasteiger partial charge in [-0.1, -0.05) is 18.2 Å². The first-order valence-electron chi connectivity index (χ1n) is 7.38. The van der Waals surface area contributed by atoms with Crippen LogP contribution in [0.15, 0.2) is 67.0 Å². The molecule has 34 heavy (non-hydrogen) atoms. The molecule has 0 saturated carbocycles. The maximum absolute atomic E-state index is 8.25. The van der Waals surface area contributed by atoms with Crippen molar-refractivity contribution in [1.82, 2.24) is 15.0 Å². The Labute approximate surface area is 221 Å². The van der Waals surface area contributed by atoms with Crippen LogP contribution in [0, 0.1) is 85.9 Å². The molecule has 0 fully saturated rings. The van der Waals surface area contributed by atoms with Gasteiger partial charge in [-0.2, -0.15) is 0 Å². The zero-order valence-corrected chi connectivity index (χ0v) is 19.1. The van der Waals surface area contributed by atoms with Crippen LogP contribution in [-0.4, -0.2) is 30.2 Å². The van der Waals surface area contributed by atoms with E-state index in [1.54, 1.807) is 12.4 Å². The number of rotatable bonds is 2. The van der Waals surface area contributed by atoms with Gasteiger partial charge in [0.05, 0.1) is 38.0 Å². The van der Waals surface area contributed by atoms with Crippen molar-refractivity contribution in [1.29, 1.82) is 0 Å². The average Bonchev–Trinajstić information content (AvgIpc) is 2.68. The summed E-state index contributed by atoms with van der Waals surface area (Å²) in [4.78, 5) is 37.9. The van der Waals surface area contributed by atoms with Gasteiger partial charge in [0.2, 0.25) is 0 Å². The summed E-state index contributed by atoms with van der Waals surface area (Å²) in [5, 5.41) is 44.2. The quantitative estimate of drug-likeness (QED) is 0.200. The molecule has 0 spiro atoms. The molecule has 18 nitrogen and oxygen atoms in total. The van der Waals surface area contributed by atoms with Gasteiger partial charge in [-0.25, -0.2) is 4.98 Å². The molecule has 187 valence electrons. The number of aromatic nitrogens is 3. The Kier molecular flexibility index (Phi) is 28.5. The SMILES string of the molecule is O=[N+]([O-])[O-].O=[N+]([O-])[O-].O=[N+]([O-])[O-].[Gd+3].[OH3+].[OH3+].[OH3+].c1ccc(-c2cccc(-c3ccccn3)n2)nc1. The summed E-state index contributed by atoms with van der Waals surface area (Å²) < 4.78 is 0. The smallest absolute Gasteiger partial charge is 0.457 e. The minimum Gasteiger partial charge on any atom is -0.457 e. The summed E-state index contributed by atoms with van der Waals surface area (Å²) in [7, 11) is 0. The van der Waals surface area contributed by atoms with Crippen molar-refractivity contribution in [2.24, 2.45) is 0 Å². The normalized spacial score (nSPS) is 7.53. The van der Waals surface area contributed by atoms with Gasteiger partial charge < -0.3 is 62.4 Å². The van der Waals surface area contributed by atoms with Crippen LogP contribution in [0.2, 0.25) is 0 Å². The van der Waals surface area contributed by atoms with E-state index in [2.05, 4.69) is 15.0 Å². The van der Waals surface area contributed by atoms with Crippen molar-refractivity contribution in [2.45, 2.75) is 0 Å². The van der Waals surface area contributed by atoms with Crippen LogP contribution in [0.1, 0.15) is 0 Å². The number of nitrogens with zero attached hydrogens (tertiary/aromatic N) is 6. The largest absolute Gasteiger partial charge is 3.00 e. The molecule has 3 aromatic heterocycles. The van der Waals surface area contributed by atoms with E-state index >= 15 is 0 Å². The van der Waals surface area contributed by atoms with E-state index in [9.17, 15) is 0 Å². The van der Waals surface area contributed by atoms with E-state index in [0.29, 0.717) is 0 Å². The minimum atomic E-state index is -1.75. The fraction of sp³-hybridized carbons (Fsp3) is 0. The van der Waals surface area contributed by atoms with E-state index in [4.69, 9.17) is 46.0 Å². The van der Waals surface area contributed by atoms with Crippen molar-refractivity contribution < 1.29 is 71.6 Å². The van der Waals surface area contributed by atoms with E-state index in [-0.39, 0.29) is 56.4 Å². The molecule has 3 aromatic rings. The van der Waals surface area contributed by atoms with Crippen LogP contribution in [-0.2, 0) is 16.4 Å². The van der Waals surface area contributed by atoms with Crippen molar-refractivity contribution in [3.05, 3.63) is 113 Å². The molecule has 0 saturated heterocycles. The van der Waals surface area contributed by atoms with Crippen LogP contribution >= 0.6 is 0 Å². The standard InChI is InChI=1S/C15H11N3.Gd.3NO3.3H2O/c1-3-10-16-12(6-1)14-8-5-9-15(18-14)13-7-2-4-11-17-13;;3*2-1(3)4;;;/h1-11H;;;;;3*1H2/q;+3;3*-1;;;/p+3. The molecule has 0 atom stereocenters.